The minimum Gasteiger partial charge on any atom is -0.507 e. The van der Waals surface area contributed by atoms with Crippen molar-refractivity contribution in [2.24, 2.45) is 0 Å². The zero-order chi connectivity index (χ0) is 24.5. The van der Waals surface area contributed by atoms with E-state index in [1.807, 2.05) is 31.2 Å². The number of anilines is 1. The fourth-order valence-corrected chi connectivity index (χ4v) is 4.53. The van der Waals surface area contributed by atoms with E-state index in [2.05, 4.69) is 4.98 Å². The van der Waals surface area contributed by atoms with Crippen LogP contribution in [0, 0.1) is 0 Å². The maximum absolute atomic E-state index is 13.4. The Bertz CT molecular complexity index is 1470. The Morgan fingerprint density at radius 1 is 1.00 bits per heavy atom. The van der Waals surface area contributed by atoms with Gasteiger partial charge in [-0.25, -0.2) is 0 Å². The minimum atomic E-state index is -0.853. The van der Waals surface area contributed by atoms with E-state index in [0.717, 1.165) is 10.9 Å². The van der Waals surface area contributed by atoms with Gasteiger partial charge in [0.1, 0.15) is 17.3 Å². The SMILES string of the molecule is CCOc1cccc(N2C(=O)C(=O)/C(=C(/O)c3cccc(OC)c3)C2c2c[nH]c3ccccc23)c1. The fraction of sp³-hybridized carbons (Fsp3) is 0.143. The molecule has 7 nitrogen and oxygen atoms in total. The second kappa shape index (κ2) is 9.02. The van der Waals surface area contributed by atoms with Crippen LogP contribution in [0.3, 0.4) is 0 Å². The molecule has 1 aliphatic rings. The molecule has 0 saturated carbocycles. The molecule has 1 amide bonds. The van der Waals surface area contributed by atoms with Crippen LogP contribution < -0.4 is 14.4 Å². The van der Waals surface area contributed by atoms with Crippen LogP contribution in [0.1, 0.15) is 24.1 Å². The number of ketones is 1. The maximum Gasteiger partial charge on any atom is 0.300 e. The number of rotatable bonds is 6. The van der Waals surface area contributed by atoms with Crippen molar-refractivity contribution < 1.29 is 24.2 Å². The first-order chi connectivity index (χ1) is 17.0. The summed E-state index contributed by atoms with van der Waals surface area (Å²) in [7, 11) is 1.52. The molecule has 3 aromatic carbocycles. The summed E-state index contributed by atoms with van der Waals surface area (Å²) in [4.78, 5) is 31.5. The summed E-state index contributed by atoms with van der Waals surface area (Å²) < 4.78 is 10.9. The first kappa shape index (κ1) is 22.3. The molecule has 35 heavy (non-hydrogen) atoms. The molecule has 4 aromatic rings. The van der Waals surface area contributed by atoms with Crippen molar-refractivity contribution in [2.45, 2.75) is 13.0 Å². The van der Waals surface area contributed by atoms with Crippen LogP contribution in [0.5, 0.6) is 11.5 Å². The van der Waals surface area contributed by atoms with E-state index in [1.54, 1.807) is 54.7 Å². The van der Waals surface area contributed by atoms with Crippen molar-refractivity contribution in [2.75, 3.05) is 18.6 Å². The zero-order valence-electron chi connectivity index (χ0n) is 19.3. The van der Waals surface area contributed by atoms with Crippen LogP contribution in [-0.4, -0.2) is 35.5 Å². The molecular formula is C28H24N2O5. The number of H-pyrrole nitrogens is 1. The average molecular weight is 469 g/mol. The van der Waals surface area contributed by atoms with Crippen molar-refractivity contribution in [3.63, 3.8) is 0 Å². The summed E-state index contributed by atoms with van der Waals surface area (Å²) in [6, 6.07) is 20.6. The van der Waals surface area contributed by atoms with Crippen LogP contribution in [0.4, 0.5) is 5.69 Å². The van der Waals surface area contributed by atoms with Gasteiger partial charge in [-0.2, -0.15) is 0 Å². The van der Waals surface area contributed by atoms with Gasteiger partial charge in [-0.3, -0.25) is 14.5 Å². The predicted molar refractivity (Wildman–Crippen MR) is 134 cm³/mol. The molecule has 2 heterocycles. The van der Waals surface area contributed by atoms with Crippen LogP contribution in [0.2, 0.25) is 0 Å². The number of para-hydroxylation sites is 1. The molecule has 0 spiro atoms. The van der Waals surface area contributed by atoms with Gasteiger partial charge >= 0.3 is 0 Å². The largest absolute Gasteiger partial charge is 0.507 e. The van der Waals surface area contributed by atoms with Crippen molar-refractivity contribution in [3.8, 4) is 11.5 Å². The highest BCUT2D eigenvalue weighted by Gasteiger charge is 2.47. The van der Waals surface area contributed by atoms with E-state index in [4.69, 9.17) is 9.47 Å². The predicted octanol–water partition coefficient (Wildman–Crippen LogP) is 5.20. The van der Waals surface area contributed by atoms with Gasteiger partial charge in [-0.05, 0) is 37.3 Å². The number of fused-ring (bicyclic) bond motifs is 1. The lowest BCUT2D eigenvalue weighted by Gasteiger charge is -2.25. The number of hydrogen-bond acceptors (Lipinski definition) is 5. The Hall–Kier alpha value is -4.52. The normalized spacial score (nSPS) is 17.2. The Kier molecular flexibility index (Phi) is 5.74. The average Bonchev–Trinajstić information content (AvgIpc) is 3.42. The number of aromatic nitrogens is 1. The Morgan fingerprint density at radius 3 is 2.57 bits per heavy atom. The third-order valence-electron chi connectivity index (χ3n) is 6.11. The molecule has 0 bridgehead atoms. The summed E-state index contributed by atoms with van der Waals surface area (Å²) in [5, 5.41) is 12.2. The third kappa shape index (κ3) is 3.81. The molecule has 5 rings (SSSR count). The van der Waals surface area contributed by atoms with Gasteiger partial charge in [0, 0.05) is 40.0 Å². The van der Waals surface area contributed by atoms with Crippen LogP contribution in [0.25, 0.3) is 16.7 Å². The number of carbonyl (C=O) groups is 2. The molecule has 1 aromatic heterocycles. The summed E-state index contributed by atoms with van der Waals surface area (Å²) in [6.07, 6.45) is 1.78. The number of methoxy groups -OCH3 is 1. The lowest BCUT2D eigenvalue weighted by atomic mass is 9.94. The van der Waals surface area contributed by atoms with Crippen LogP contribution in [-0.2, 0) is 9.59 Å². The Labute approximate surface area is 202 Å². The third-order valence-corrected chi connectivity index (χ3v) is 6.11. The molecule has 176 valence electrons. The minimum absolute atomic E-state index is 0.00909. The van der Waals surface area contributed by atoms with Crippen molar-refractivity contribution in [1.29, 1.82) is 0 Å². The number of carbonyl (C=O) groups excluding carboxylic acids is 2. The van der Waals surface area contributed by atoms with Gasteiger partial charge in [-0.15, -0.1) is 0 Å². The molecule has 1 fully saturated rings. The van der Waals surface area contributed by atoms with Gasteiger partial charge in [0.05, 0.1) is 25.3 Å². The van der Waals surface area contributed by atoms with Gasteiger partial charge in [0.15, 0.2) is 0 Å². The van der Waals surface area contributed by atoms with E-state index in [1.165, 1.54) is 12.0 Å². The highest BCUT2D eigenvalue weighted by atomic mass is 16.5. The molecule has 7 heteroatoms. The van der Waals surface area contributed by atoms with Crippen LogP contribution >= 0.6 is 0 Å². The summed E-state index contributed by atoms with van der Waals surface area (Å²) >= 11 is 0. The first-order valence-corrected chi connectivity index (χ1v) is 11.3. The highest BCUT2D eigenvalue weighted by Crippen LogP contribution is 2.44. The van der Waals surface area contributed by atoms with Gasteiger partial charge in [-0.1, -0.05) is 36.4 Å². The lowest BCUT2D eigenvalue weighted by molar-refractivity contribution is -0.132. The standard InChI is InChI=1S/C28H24N2O5/c1-3-35-20-11-7-9-18(15-20)30-25(22-16-29-23-13-5-4-12-21(22)23)24(27(32)28(30)33)26(31)17-8-6-10-19(14-17)34-2/h4-16,25,29,31H,3H2,1-2H3/b26-24+. The molecule has 1 atom stereocenters. The quantitative estimate of drug-likeness (QED) is 0.231. The molecule has 0 radical (unpaired) electrons. The number of ether oxygens (including phenoxy) is 2. The lowest BCUT2D eigenvalue weighted by Crippen LogP contribution is -2.29. The molecule has 0 aliphatic carbocycles. The fourth-order valence-electron chi connectivity index (χ4n) is 4.53. The number of hydrogen-bond donors (Lipinski definition) is 2. The van der Waals surface area contributed by atoms with Crippen molar-refractivity contribution >= 4 is 34.0 Å². The van der Waals surface area contributed by atoms with E-state index in [9.17, 15) is 14.7 Å². The Morgan fingerprint density at radius 2 is 1.77 bits per heavy atom. The monoisotopic (exact) mass is 468 g/mol. The topological polar surface area (TPSA) is 91.9 Å². The highest BCUT2D eigenvalue weighted by molar-refractivity contribution is 6.52. The zero-order valence-corrected chi connectivity index (χ0v) is 19.3. The van der Waals surface area contributed by atoms with Crippen molar-refractivity contribution in [3.05, 3.63) is 95.7 Å². The number of nitrogens with one attached hydrogen (secondary N) is 1. The molecule has 1 aliphatic heterocycles. The van der Waals surface area contributed by atoms with E-state index in [0.29, 0.717) is 34.9 Å². The number of Topliss-reactive ketones (excluding diaryl/α,β-unsaturated/α-hetero) is 1. The van der Waals surface area contributed by atoms with Crippen molar-refractivity contribution in [1.82, 2.24) is 4.98 Å². The number of nitrogens with zero attached hydrogens (tertiary/aromatic N) is 1. The van der Waals surface area contributed by atoms with Gasteiger partial charge < -0.3 is 19.6 Å². The summed E-state index contributed by atoms with van der Waals surface area (Å²) in [5.41, 5.74) is 2.45. The van der Waals surface area contributed by atoms with Gasteiger partial charge in [0.25, 0.3) is 11.7 Å². The van der Waals surface area contributed by atoms with Gasteiger partial charge in [0.2, 0.25) is 0 Å². The number of amides is 1. The second-order valence-corrected chi connectivity index (χ2v) is 8.12. The number of aromatic amines is 1. The summed E-state index contributed by atoms with van der Waals surface area (Å²) in [5.74, 6) is -0.643. The molecule has 1 unspecified atom stereocenters. The second-order valence-electron chi connectivity index (χ2n) is 8.12. The van der Waals surface area contributed by atoms with E-state index in [-0.39, 0.29) is 11.3 Å². The van der Waals surface area contributed by atoms with E-state index < -0.39 is 17.7 Å². The number of aliphatic hydroxyl groups is 1. The first-order valence-electron chi connectivity index (χ1n) is 11.3. The number of benzene rings is 3. The van der Waals surface area contributed by atoms with E-state index >= 15 is 0 Å². The molecule has 2 N–H and O–H groups in total. The molecule has 1 saturated heterocycles. The summed E-state index contributed by atoms with van der Waals surface area (Å²) in [6.45, 7) is 2.34. The number of aliphatic hydroxyl groups excluding tert-OH is 1. The smallest absolute Gasteiger partial charge is 0.300 e. The maximum atomic E-state index is 13.4. The molecular weight excluding hydrogens is 444 g/mol. The van der Waals surface area contributed by atoms with Crippen LogP contribution in [0.15, 0.2) is 84.6 Å². The Balaban J connectivity index is 1.75.